The highest BCUT2D eigenvalue weighted by Gasteiger charge is 2.14. The summed E-state index contributed by atoms with van der Waals surface area (Å²) in [5.74, 6) is 0.977. The summed E-state index contributed by atoms with van der Waals surface area (Å²) in [5, 5.41) is 8.47. The molecule has 1 unspecified atom stereocenters. The SMILES string of the molecule is CCCn1ncnc1CC(N)c1cscc1C. The van der Waals surface area contributed by atoms with Gasteiger partial charge in [0.2, 0.25) is 0 Å². The zero-order valence-electron chi connectivity index (χ0n) is 10.3. The summed E-state index contributed by atoms with van der Waals surface area (Å²) in [6.07, 6.45) is 3.42. The van der Waals surface area contributed by atoms with Gasteiger partial charge in [-0.1, -0.05) is 6.92 Å². The van der Waals surface area contributed by atoms with E-state index in [9.17, 15) is 0 Å². The molecule has 0 spiro atoms. The Morgan fingerprint density at radius 2 is 2.29 bits per heavy atom. The molecule has 0 aromatic carbocycles. The van der Waals surface area contributed by atoms with Crippen molar-refractivity contribution in [3.8, 4) is 0 Å². The smallest absolute Gasteiger partial charge is 0.138 e. The van der Waals surface area contributed by atoms with Crippen LogP contribution in [0.15, 0.2) is 17.1 Å². The van der Waals surface area contributed by atoms with Crippen molar-refractivity contribution in [1.82, 2.24) is 14.8 Å². The van der Waals surface area contributed by atoms with Crippen LogP contribution in [0.2, 0.25) is 0 Å². The van der Waals surface area contributed by atoms with Crippen LogP contribution in [0, 0.1) is 6.92 Å². The minimum atomic E-state index is 0.0149. The Labute approximate surface area is 105 Å². The molecule has 0 radical (unpaired) electrons. The van der Waals surface area contributed by atoms with Crippen molar-refractivity contribution in [2.75, 3.05) is 0 Å². The van der Waals surface area contributed by atoms with Crippen molar-refractivity contribution in [1.29, 1.82) is 0 Å². The number of thiophene rings is 1. The maximum atomic E-state index is 6.22. The van der Waals surface area contributed by atoms with Gasteiger partial charge in [-0.2, -0.15) is 16.4 Å². The van der Waals surface area contributed by atoms with E-state index in [4.69, 9.17) is 5.73 Å². The second-order valence-corrected chi connectivity index (χ2v) is 4.96. The van der Waals surface area contributed by atoms with Crippen LogP contribution in [0.1, 0.15) is 36.3 Å². The van der Waals surface area contributed by atoms with Crippen LogP contribution in [-0.2, 0) is 13.0 Å². The molecule has 17 heavy (non-hydrogen) atoms. The third-order valence-corrected chi connectivity index (χ3v) is 3.71. The van der Waals surface area contributed by atoms with Crippen LogP contribution in [-0.4, -0.2) is 14.8 Å². The number of nitrogens with two attached hydrogens (primary N) is 1. The van der Waals surface area contributed by atoms with Gasteiger partial charge in [0, 0.05) is 19.0 Å². The van der Waals surface area contributed by atoms with E-state index in [1.165, 1.54) is 11.1 Å². The summed E-state index contributed by atoms with van der Waals surface area (Å²) in [6, 6.07) is 0.0149. The van der Waals surface area contributed by atoms with Gasteiger partial charge >= 0.3 is 0 Å². The van der Waals surface area contributed by atoms with Crippen LogP contribution in [0.3, 0.4) is 0 Å². The van der Waals surface area contributed by atoms with E-state index in [2.05, 4.69) is 34.7 Å². The van der Waals surface area contributed by atoms with Gasteiger partial charge in [-0.3, -0.25) is 4.68 Å². The quantitative estimate of drug-likeness (QED) is 0.886. The molecule has 4 nitrogen and oxygen atoms in total. The molecule has 0 amide bonds. The lowest BCUT2D eigenvalue weighted by atomic mass is 10.0. The van der Waals surface area contributed by atoms with Crippen molar-refractivity contribution in [2.24, 2.45) is 5.73 Å². The average Bonchev–Trinajstić information content (AvgIpc) is 2.89. The number of hydrogen-bond acceptors (Lipinski definition) is 4. The number of rotatable bonds is 5. The largest absolute Gasteiger partial charge is 0.324 e. The van der Waals surface area contributed by atoms with Crippen molar-refractivity contribution >= 4 is 11.3 Å². The fraction of sp³-hybridized carbons (Fsp3) is 0.500. The standard InChI is InChI=1S/C12H18N4S/c1-3-4-16-12(14-8-15-16)5-11(13)10-7-17-6-9(10)2/h6-8,11H,3-5,13H2,1-2H3. The molecule has 0 saturated carbocycles. The van der Waals surface area contributed by atoms with Crippen LogP contribution in [0.5, 0.6) is 0 Å². The van der Waals surface area contributed by atoms with Gasteiger partial charge in [-0.15, -0.1) is 0 Å². The zero-order valence-corrected chi connectivity index (χ0v) is 11.1. The van der Waals surface area contributed by atoms with Gasteiger partial charge in [-0.25, -0.2) is 4.98 Å². The Balaban J connectivity index is 2.10. The summed E-state index contributed by atoms with van der Waals surface area (Å²) in [7, 11) is 0. The van der Waals surface area contributed by atoms with Gasteiger partial charge in [0.15, 0.2) is 0 Å². The van der Waals surface area contributed by atoms with Crippen molar-refractivity contribution in [2.45, 2.75) is 39.3 Å². The van der Waals surface area contributed by atoms with Crippen LogP contribution < -0.4 is 5.73 Å². The molecule has 1 atom stereocenters. The summed E-state index contributed by atoms with van der Waals surface area (Å²) < 4.78 is 1.95. The first-order valence-electron chi connectivity index (χ1n) is 5.87. The Kier molecular flexibility index (Phi) is 3.91. The van der Waals surface area contributed by atoms with Crippen molar-refractivity contribution < 1.29 is 0 Å². The Morgan fingerprint density at radius 3 is 2.94 bits per heavy atom. The summed E-state index contributed by atoms with van der Waals surface area (Å²) in [6.45, 7) is 5.14. The monoisotopic (exact) mass is 250 g/mol. The van der Waals surface area contributed by atoms with E-state index in [1.807, 2.05) is 4.68 Å². The topological polar surface area (TPSA) is 56.7 Å². The minimum absolute atomic E-state index is 0.0149. The van der Waals surface area contributed by atoms with E-state index >= 15 is 0 Å². The van der Waals surface area contributed by atoms with Crippen molar-refractivity contribution in [3.63, 3.8) is 0 Å². The maximum absolute atomic E-state index is 6.22. The molecule has 0 aliphatic rings. The summed E-state index contributed by atoms with van der Waals surface area (Å²) in [5.41, 5.74) is 8.71. The van der Waals surface area contributed by atoms with E-state index in [-0.39, 0.29) is 6.04 Å². The number of aryl methyl sites for hydroxylation is 2. The van der Waals surface area contributed by atoms with E-state index < -0.39 is 0 Å². The molecule has 0 saturated heterocycles. The minimum Gasteiger partial charge on any atom is -0.324 e. The van der Waals surface area contributed by atoms with Gasteiger partial charge in [0.25, 0.3) is 0 Å². The summed E-state index contributed by atoms with van der Waals surface area (Å²) in [4.78, 5) is 4.29. The Bertz CT molecular complexity index is 474. The van der Waals surface area contributed by atoms with E-state index in [1.54, 1.807) is 17.7 Å². The molecule has 2 rings (SSSR count). The summed E-state index contributed by atoms with van der Waals surface area (Å²) >= 11 is 1.70. The zero-order chi connectivity index (χ0) is 12.3. The van der Waals surface area contributed by atoms with Gasteiger partial charge in [-0.05, 0) is 35.2 Å². The highest BCUT2D eigenvalue weighted by atomic mass is 32.1. The number of aromatic nitrogens is 3. The first-order chi connectivity index (χ1) is 8.22. The van der Waals surface area contributed by atoms with E-state index in [0.717, 1.165) is 25.2 Å². The second kappa shape index (κ2) is 5.42. The maximum Gasteiger partial charge on any atom is 0.138 e. The average molecular weight is 250 g/mol. The molecule has 2 aromatic rings. The van der Waals surface area contributed by atoms with Crippen LogP contribution in [0.25, 0.3) is 0 Å². The van der Waals surface area contributed by atoms with Gasteiger partial charge in [0.05, 0.1) is 0 Å². The molecule has 0 bridgehead atoms. The lowest BCUT2D eigenvalue weighted by molar-refractivity contribution is 0.548. The van der Waals surface area contributed by atoms with Crippen molar-refractivity contribution in [3.05, 3.63) is 34.0 Å². The Hall–Kier alpha value is -1.20. The molecule has 92 valence electrons. The predicted molar refractivity (Wildman–Crippen MR) is 70.0 cm³/mol. The highest BCUT2D eigenvalue weighted by molar-refractivity contribution is 7.08. The predicted octanol–water partition coefficient (Wildman–Crippen LogP) is 2.30. The molecule has 2 N–H and O–H groups in total. The fourth-order valence-corrected chi connectivity index (χ4v) is 2.82. The van der Waals surface area contributed by atoms with E-state index in [0.29, 0.717) is 0 Å². The first-order valence-corrected chi connectivity index (χ1v) is 6.81. The molecule has 0 aliphatic heterocycles. The first kappa shape index (κ1) is 12.3. The van der Waals surface area contributed by atoms with Crippen LogP contribution in [0.4, 0.5) is 0 Å². The lowest BCUT2D eigenvalue weighted by Crippen LogP contribution is -2.17. The molecular weight excluding hydrogens is 232 g/mol. The third kappa shape index (κ3) is 2.73. The fourth-order valence-electron chi connectivity index (χ4n) is 1.90. The normalized spacial score (nSPS) is 12.9. The highest BCUT2D eigenvalue weighted by Crippen LogP contribution is 2.22. The Morgan fingerprint density at radius 1 is 1.47 bits per heavy atom. The molecular formula is C12H18N4S. The number of hydrogen-bond donors (Lipinski definition) is 1. The molecule has 5 heteroatoms. The molecule has 0 fully saturated rings. The third-order valence-electron chi connectivity index (χ3n) is 2.83. The van der Waals surface area contributed by atoms with Gasteiger partial charge < -0.3 is 5.73 Å². The molecule has 0 aliphatic carbocycles. The van der Waals surface area contributed by atoms with Crippen LogP contribution >= 0.6 is 11.3 Å². The molecule has 2 heterocycles. The van der Waals surface area contributed by atoms with Gasteiger partial charge in [0.1, 0.15) is 12.2 Å². The molecule has 2 aromatic heterocycles. The number of nitrogens with zero attached hydrogens (tertiary/aromatic N) is 3. The lowest BCUT2D eigenvalue weighted by Gasteiger charge is -2.11. The second-order valence-electron chi connectivity index (χ2n) is 4.22.